The lowest BCUT2D eigenvalue weighted by atomic mass is 10.3. The molecule has 0 aromatic carbocycles. The monoisotopic (exact) mass is 358 g/mol. The molecule has 2 N–H and O–H groups in total. The average Bonchev–Trinajstić information content (AvgIpc) is 2.49. The lowest BCUT2D eigenvalue weighted by Crippen LogP contribution is -2.47. The summed E-state index contributed by atoms with van der Waals surface area (Å²) < 4.78 is 0. The number of carboxylic acids is 2. The first kappa shape index (κ1) is 21.5. The number of hydrogen-bond acceptors (Lipinski definition) is 7. The number of likely N-dealkylation sites (N-methyl/N-ethyl adjacent to an activating group) is 1. The first-order chi connectivity index (χ1) is 11.8. The van der Waals surface area contributed by atoms with Crippen molar-refractivity contribution in [3.8, 4) is 0 Å². The molecule has 9 nitrogen and oxygen atoms in total. The number of rotatable bonds is 6. The molecule has 1 aliphatic heterocycles. The van der Waals surface area contributed by atoms with Crippen molar-refractivity contribution in [3.63, 3.8) is 0 Å². The summed E-state index contributed by atoms with van der Waals surface area (Å²) in [5, 5.41) is 18.1. The van der Waals surface area contributed by atoms with Crippen molar-refractivity contribution >= 4 is 17.7 Å². The number of carbonyl (C=O) groups is 3. The molecule has 9 heteroatoms. The molecule has 0 bridgehead atoms. The molecular formula is C16H30N4O5. The van der Waals surface area contributed by atoms with Crippen LogP contribution in [0.4, 0.5) is 0 Å². The van der Waals surface area contributed by atoms with E-state index in [0.717, 1.165) is 0 Å². The van der Waals surface area contributed by atoms with Gasteiger partial charge in [-0.2, -0.15) is 0 Å². The van der Waals surface area contributed by atoms with E-state index in [0.29, 0.717) is 58.9 Å². The molecule has 25 heavy (non-hydrogen) atoms. The Morgan fingerprint density at radius 2 is 1.00 bits per heavy atom. The van der Waals surface area contributed by atoms with Gasteiger partial charge in [0.1, 0.15) is 5.78 Å². The normalized spacial score (nSPS) is 20.6. The number of ketones is 1. The molecule has 0 atom stereocenters. The van der Waals surface area contributed by atoms with Crippen molar-refractivity contribution in [2.45, 2.75) is 6.92 Å². The molecule has 0 aromatic heterocycles. The van der Waals surface area contributed by atoms with Crippen LogP contribution in [0.25, 0.3) is 0 Å². The van der Waals surface area contributed by atoms with Crippen molar-refractivity contribution in [1.29, 1.82) is 0 Å². The van der Waals surface area contributed by atoms with Crippen molar-refractivity contribution in [2.24, 2.45) is 0 Å². The summed E-state index contributed by atoms with van der Waals surface area (Å²) in [7, 11) is 1.95. The second-order valence-corrected chi connectivity index (χ2v) is 6.62. The zero-order valence-corrected chi connectivity index (χ0v) is 15.2. The van der Waals surface area contributed by atoms with Gasteiger partial charge in [0.05, 0.1) is 19.6 Å². The summed E-state index contributed by atoms with van der Waals surface area (Å²) in [4.78, 5) is 41.4. The largest absolute Gasteiger partial charge is 0.480 e. The van der Waals surface area contributed by atoms with E-state index in [9.17, 15) is 14.4 Å². The molecule has 1 fully saturated rings. The third kappa shape index (κ3) is 10.1. The van der Waals surface area contributed by atoms with Gasteiger partial charge in [-0.25, -0.2) is 0 Å². The second kappa shape index (κ2) is 11.1. The summed E-state index contributed by atoms with van der Waals surface area (Å²) >= 11 is 0. The third-order valence-corrected chi connectivity index (χ3v) is 4.22. The van der Waals surface area contributed by atoms with Gasteiger partial charge in [-0.15, -0.1) is 0 Å². The maximum absolute atomic E-state index is 11.5. The van der Waals surface area contributed by atoms with Crippen molar-refractivity contribution in [3.05, 3.63) is 0 Å². The number of carboxylic acid groups (broad SMARTS) is 2. The number of carbonyl (C=O) groups excluding carboxylic acids is 1. The smallest absolute Gasteiger partial charge is 0.317 e. The van der Waals surface area contributed by atoms with Crippen LogP contribution in [0.5, 0.6) is 0 Å². The van der Waals surface area contributed by atoms with Crippen LogP contribution in [-0.2, 0) is 14.4 Å². The molecule has 1 rings (SSSR count). The molecule has 1 aliphatic rings. The average molecular weight is 358 g/mol. The molecule has 0 saturated carbocycles. The summed E-state index contributed by atoms with van der Waals surface area (Å²) in [6, 6.07) is 0. The summed E-state index contributed by atoms with van der Waals surface area (Å²) in [6.07, 6.45) is 0. The molecule has 0 amide bonds. The summed E-state index contributed by atoms with van der Waals surface area (Å²) in [5.74, 6) is -1.68. The van der Waals surface area contributed by atoms with Gasteiger partial charge in [-0.05, 0) is 14.0 Å². The number of aliphatic carboxylic acids is 2. The van der Waals surface area contributed by atoms with E-state index < -0.39 is 11.9 Å². The second-order valence-electron chi connectivity index (χ2n) is 6.62. The van der Waals surface area contributed by atoms with E-state index in [-0.39, 0.29) is 18.9 Å². The first-order valence-corrected chi connectivity index (χ1v) is 8.55. The number of Topliss-reactive ketones (excluding diaryl/α,β-unsaturated/α-hetero) is 1. The standard InChI is InChI=1S/C16H30N4O5/c1-14(21)11-18-7-9-19(12-15(22)23)5-3-17(2)4-6-20(10-8-18)13-16(24)25/h3-13H2,1-2H3,(H,22,23)(H,24,25). The predicted octanol–water partition coefficient (Wildman–Crippen LogP) is -1.40. The minimum absolute atomic E-state index is 0.0209. The molecular weight excluding hydrogens is 328 g/mol. The quantitative estimate of drug-likeness (QED) is 0.593. The van der Waals surface area contributed by atoms with Gasteiger partial charge in [-0.1, -0.05) is 0 Å². The lowest BCUT2D eigenvalue weighted by molar-refractivity contribution is -0.139. The Morgan fingerprint density at radius 3 is 1.32 bits per heavy atom. The fourth-order valence-corrected chi connectivity index (χ4v) is 2.81. The zero-order chi connectivity index (χ0) is 18.8. The van der Waals surface area contributed by atoms with Crippen LogP contribution in [-0.4, -0.2) is 127 Å². The Morgan fingerprint density at radius 1 is 0.680 bits per heavy atom. The summed E-state index contributed by atoms with van der Waals surface area (Å²) in [6.45, 7) is 6.72. The van der Waals surface area contributed by atoms with Gasteiger partial charge in [0, 0.05) is 52.4 Å². The van der Waals surface area contributed by atoms with E-state index >= 15 is 0 Å². The maximum Gasteiger partial charge on any atom is 0.317 e. The molecule has 1 saturated heterocycles. The van der Waals surface area contributed by atoms with Crippen molar-refractivity contribution < 1.29 is 24.6 Å². The first-order valence-electron chi connectivity index (χ1n) is 8.55. The SMILES string of the molecule is CC(=O)CN1CCN(CC(=O)O)CCN(C)CCN(CC(=O)O)CC1. The summed E-state index contributed by atoms with van der Waals surface area (Å²) in [5.41, 5.74) is 0. The van der Waals surface area contributed by atoms with Gasteiger partial charge in [0.2, 0.25) is 0 Å². The van der Waals surface area contributed by atoms with Crippen LogP contribution in [0.15, 0.2) is 0 Å². The maximum atomic E-state index is 11.5. The predicted molar refractivity (Wildman–Crippen MR) is 92.8 cm³/mol. The Balaban J connectivity index is 2.76. The Hall–Kier alpha value is -1.55. The van der Waals surface area contributed by atoms with Crippen molar-refractivity contribution in [1.82, 2.24) is 19.6 Å². The highest BCUT2D eigenvalue weighted by Gasteiger charge is 2.18. The molecule has 0 unspecified atom stereocenters. The fraction of sp³-hybridized carbons (Fsp3) is 0.812. The van der Waals surface area contributed by atoms with E-state index in [2.05, 4.69) is 4.90 Å². The highest BCUT2D eigenvalue weighted by atomic mass is 16.4. The Kier molecular flexibility index (Phi) is 9.58. The van der Waals surface area contributed by atoms with Gasteiger partial charge in [0.15, 0.2) is 0 Å². The van der Waals surface area contributed by atoms with E-state index in [1.165, 1.54) is 6.92 Å². The molecule has 0 aromatic rings. The van der Waals surface area contributed by atoms with Gasteiger partial charge in [-0.3, -0.25) is 29.1 Å². The van der Waals surface area contributed by atoms with Gasteiger partial charge >= 0.3 is 11.9 Å². The van der Waals surface area contributed by atoms with Gasteiger partial charge in [0.25, 0.3) is 0 Å². The van der Waals surface area contributed by atoms with Crippen LogP contribution >= 0.6 is 0 Å². The molecule has 144 valence electrons. The van der Waals surface area contributed by atoms with Crippen LogP contribution in [0.1, 0.15) is 6.92 Å². The minimum atomic E-state index is -0.861. The Labute approximate surface area is 148 Å². The van der Waals surface area contributed by atoms with Crippen molar-refractivity contribution in [2.75, 3.05) is 79.0 Å². The molecule has 1 heterocycles. The third-order valence-electron chi connectivity index (χ3n) is 4.22. The number of nitrogens with zero attached hydrogens (tertiary/aromatic N) is 4. The highest BCUT2D eigenvalue weighted by molar-refractivity contribution is 5.77. The minimum Gasteiger partial charge on any atom is -0.480 e. The molecule has 0 spiro atoms. The van der Waals surface area contributed by atoms with Crippen LogP contribution < -0.4 is 0 Å². The Bertz CT molecular complexity index is 428. The zero-order valence-electron chi connectivity index (χ0n) is 15.2. The fourth-order valence-electron chi connectivity index (χ4n) is 2.81. The van der Waals surface area contributed by atoms with Crippen LogP contribution in [0.2, 0.25) is 0 Å². The van der Waals surface area contributed by atoms with Crippen LogP contribution in [0.3, 0.4) is 0 Å². The van der Waals surface area contributed by atoms with E-state index in [1.807, 2.05) is 21.7 Å². The van der Waals surface area contributed by atoms with Gasteiger partial charge < -0.3 is 15.1 Å². The topological polar surface area (TPSA) is 105 Å². The van der Waals surface area contributed by atoms with Crippen LogP contribution in [0, 0.1) is 0 Å². The highest BCUT2D eigenvalue weighted by Crippen LogP contribution is 2.00. The number of hydrogen-bond donors (Lipinski definition) is 2. The molecule has 0 aliphatic carbocycles. The molecule has 0 radical (unpaired) electrons. The lowest BCUT2D eigenvalue weighted by Gasteiger charge is -2.32. The van der Waals surface area contributed by atoms with E-state index in [4.69, 9.17) is 10.2 Å². The van der Waals surface area contributed by atoms with E-state index in [1.54, 1.807) is 0 Å².